The van der Waals surface area contributed by atoms with Crippen LogP contribution in [0.4, 0.5) is 0 Å². The SMILES string of the molecule is CCCCNC(=O)[C@H](Cc1ccccc1)N(Cc1ccc(Cl)cc1)C(=O)CCc1ccc(C)cc1. The molecule has 5 heteroatoms. The first-order chi connectivity index (χ1) is 17.0. The minimum Gasteiger partial charge on any atom is -0.354 e. The quantitative estimate of drug-likeness (QED) is 0.310. The summed E-state index contributed by atoms with van der Waals surface area (Å²) >= 11 is 6.09. The van der Waals surface area contributed by atoms with E-state index >= 15 is 0 Å². The van der Waals surface area contributed by atoms with E-state index in [1.165, 1.54) is 5.56 Å². The summed E-state index contributed by atoms with van der Waals surface area (Å²) in [7, 11) is 0. The summed E-state index contributed by atoms with van der Waals surface area (Å²) in [5.74, 6) is -0.146. The smallest absolute Gasteiger partial charge is 0.243 e. The molecule has 0 saturated carbocycles. The van der Waals surface area contributed by atoms with Crippen molar-refractivity contribution in [3.8, 4) is 0 Å². The van der Waals surface area contributed by atoms with Crippen LogP contribution in [0.2, 0.25) is 5.02 Å². The highest BCUT2D eigenvalue weighted by atomic mass is 35.5. The van der Waals surface area contributed by atoms with Crippen molar-refractivity contribution < 1.29 is 9.59 Å². The predicted octanol–water partition coefficient (Wildman–Crippen LogP) is 6.14. The van der Waals surface area contributed by atoms with Gasteiger partial charge in [0.05, 0.1) is 0 Å². The van der Waals surface area contributed by atoms with Gasteiger partial charge in [0.15, 0.2) is 0 Å². The molecular weight excluding hydrogens is 456 g/mol. The molecule has 0 unspecified atom stereocenters. The maximum absolute atomic E-state index is 13.6. The summed E-state index contributed by atoms with van der Waals surface area (Å²) < 4.78 is 0. The molecule has 3 rings (SSSR count). The van der Waals surface area contributed by atoms with E-state index in [4.69, 9.17) is 11.6 Å². The number of nitrogens with zero attached hydrogens (tertiary/aromatic N) is 1. The molecule has 0 aliphatic heterocycles. The largest absolute Gasteiger partial charge is 0.354 e. The van der Waals surface area contributed by atoms with Crippen molar-refractivity contribution in [2.24, 2.45) is 0 Å². The molecule has 4 nitrogen and oxygen atoms in total. The third kappa shape index (κ3) is 8.56. The van der Waals surface area contributed by atoms with Crippen molar-refractivity contribution in [3.05, 3.63) is 106 Å². The Morgan fingerprint density at radius 1 is 0.886 bits per heavy atom. The molecule has 0 saturated heterocycles. The number of aryl methyl sites for hydroxylation is 2. The standard InChI is InChI=1S/C30H35ClN2O2/c1-3-4-20-32-30(35)28(21-25-8-6-5-7-9-25)33(22-26-14-17-27(31)18-15-26)29(34)19-16-24-12-10-23(2)11-13-24/h5-15,17-18,28H,3-4,16,19-22H2,1-2H3,(H,32,35)/t28-/m0/s1. The number of hydrogen-bond donors (Lipinski definition) is 1. The molecule has 3 aromatic carbocycles. The topological polar surface area (TPSA) is 49.4 Å². The van der Waals surface area contributed by atoms with Crippen molar-refractivity contribution >= 4 is 23.4 Å². The Hall–Kier alpha value is -3.11. The molecule has 0 aliphatic carbocycles. The molecular formula is C30H35ClN2O2. The second-order valence-corrected chi connectivity index (χ2v) is 9.42. The highest BCUT2D eigenvalue weighted by molar-refractivity contribution is 6.30. The Bertz CT molecular complexity index is 1070. The molecule has 0 fully saturated rings. The van der Waals surface area contributed by atoms with Crippen molar-refractivity contribution in [1.82, 2.24) is 10.2 Å². The zero-order chi connectivity index (χ0) is 25.0. The molecule has 0 spiro atoms. The van der Waals surface area contributed by atoms with Crippen LogP contribution in [0, 0.1) is 6.92 Å². The van der Waals surface area contributed by atoms with Gasteiger partial charge in [-0.3, -0.25) is 9.59 Å². The molecule has 2 amide bonds. The second-order valence-electron chi connectivity index (χ2n) is 8.98. The molecule has 0 aliphatic rings. The minimum absolute atomic E-state index is 0.0351. The van der Waals surface area contributed by atoms with Gasteiger partial charge >= 0.3 is 0 Å². The summed E-state index contributed by atoms with van der Waals surface area (Å²) in [5, 5.41) is 3.70. The van der Waals surface area contributed by atoms with Crippen molar-refractivity contribution in [3.63, 3.8) is 0 Å². The van der Waals surface area contributed by atoms with Gasteiger partial charge in [-0.1, -0.05) is 97.2 Å². The monoisotopic (exact) mass is 490 g/mol. The van der Waals surface area contributed by atoms with Gasteiger partial charge in [-0.05, 0) is 48.6 Å². The summed E-state index contributed by atoms with van der Waals surface area (Å²) in [4.78, 5) is 28.8. The van der Waals surface area contributed by atoms with Gasteiger partial charge in [0.25, 0.3) is 0 Å². The molecule has 0 radical (unpaired) electrons. The lowest BCUT2D eigenvalue weighted by atomic mass is 10.0. The van der Waals surface area contributed by atoms with Crippen LogP contribution in [0.1, 0.15) is 48.4 Å². The Labute approximate surface area is 214 Å². The number of halogens is 1. The van der Waals surface area contributed by atoms with Gasteiger partial charge in [0.1, 0.15) is 6.04 Å². The van der Waals surface area contributed by atoms with Crippen LogP contribution in [0.5, 0.6) is 0 Å². The van der Waals surface area contributed by atoms with E-state index in [-0.39, 0.29) is 11.8 Å². The van der Waals surface area contributed by atoms with Crippen LogP contribution in [0.3, 0.4) is 0 Å². The van der Waals surface area contributed by atoms with Gasteiger partial charge < -0.3 is 10.2 Å². The first-order valence-electron chi connectivity index (χ1n) is 12.4. The maximum atomic E-state index is 13.6. The van der Waals surface area contributed by atoms with Gasteiger partial charge in [-0.15, -0.1) is 0 Å². The number of hydrogen-bond acceptors (Lipinski definition) is 2. The van der Waals surface area contributed by atoms with Gasteiger partial charge in [0.2, 0.25) is 11.8 Å². The molecule has 1 atom stereocenters. The Morgan fingerprint density at radius 2 is 1.54 bits per heavy atom. The van der Waals surface area contributed by atoms with Crippen LogP contribution >= 0.6 is 11.6 Å². The molecule has 3 aromatic rings. The summed E-state index contributed by atoms with van der Waals surface area (Å²) in [6.45, 7) is 5.10. The molecule has 35 heavy (non-hydrogen) atoms. The fourth-order valence-electron chi connectivity index (χ4n) is 4.00. The number of carbonyl (C=O) groups is 2. The van der Waals surface area contributed by atoms with Crippen molar-refractivity contribution in [2.75, 3.05) is 6.54 Å². The normalized spacial score (nSPS) is 11.6. The van der Waals surface area contributed by atoms with E-state index in [1.54, 1.807) is 4.90 Å². The highest BCUT2D eigenvalue weighted by Crippen LogP contribution is 2.18. The zero-order valence-electron chi connectivity index (χ0n) is 20.7. The first kappa shape index (κ1) is 26.5. The summed E-state index contributed by atoms with van der Waals surface area (Å²) in [6, 6.07) is 25.0. The van der Waals surface area contributed by atoms with Crippen molar-refractivity contribution in [2.45, 2.75) is 58.5 Å². The Morgan fingerprint density at radius 3 is 2.20 bits per heavy atom. The van der Waals surface area contributed by atoms with E-state index < -0.39 is 6.04 Å². The van der Waals surface area contributed by atoms with E-state index in [0.29, 0.717) is 37.4 Å². The lowest BCUT2D eigenvalue weighted by Gasteiger charge is -2.31. The van der Waals surface area contributed by atoms with Crippen LogP contribution in [-0.2, 0) is 29.0 Å². The van der Waals surface area contributed by atoms with E-state index in [9.17, 15) is 9.59 Å². The lowest BCUT2D eigenvalue weighted by molar-refractivity contribution is -0.141. The third-order valence-electron chi connectivity index (χ3n) is 6.11. The third-order valence-corrected chi connectivity index (χ3v) is 6.37. The number of amides is 2. The van der Waals surface area contributed by atoms with Gasteiger partial charge in [0, 0.05) is 31.0 Å². The number of unbranched alkanes of at least 4 members (excludes halogenated alkanes) is 1. The van der Waals surface area contributed by atoms with Gasteiger partial charge in [-0.2, -0.15) is 0 Å². The average molecular weight is 491 g/mol. The van der Waals surface area contributed by atoms with Crippen LogP contribution < -0.4 is 5.32 Å². The number of rotatable bonds is 12. The van der Waals surface area contributed by atoms with E-state index in [2.05, 4.69) is 36.5 Å². The molecule has 0 heterocycles. The molecule has 0 bridgehead atoms. The lowest BCUT2D eigenvalue weighted by Crippen LogP contribution is -2.50. The van der Waals surface area contributed by atoms with Crippen LogP contribution in [0.25, 0.3) is 0 Å². The molecule has 0 aromatic heterocycles. The minimum atomic E-state index is -0.601. The molecule has 1 N–H and O–H groups in total. The average Bonchev–Trinajstić information content (AvgIpc) is 2.87. The number of benzene rings is 3. The second kappa shape index (κ2) is 13.7. The summed E-state index contributed by atoms with van der Waals surface area (Å²) in [6.07, 6.45) is 3.33. The number of nitrogens with one attached hydrogen (secondary N) is 1. The van der Waals surface area contributed by atoms with E-state index in [0.717, 1.165) is 29.5 Å². The molecule has 184 valence electrons. The number of carbonyl (C=O) groups excluding carboxylic acids is 2. The fourth-order valence-corrected chi connectivity index (χ4v) is 4.12. The predicted molar refractivity (Wildman–Crippen MR) is 143 cm³/mol. The van der Waals surface area contributed by atoms with E-state index in [1.807, 2.05) is 61.5 Å². The maximum Gasteiger partial charge on any atom is 0.243 e. The first-order valence-corrected chi connectivity index (χ1v) is 12.7. The zero-order valence-corrected chi connectivity index (χ0v) is 21.4. The highest BCUT2D eigenvalue weighted by Gasteiger charge is 2.30. The Kier molecular flexibility index (Phi) is 10.4. The van der Waals surface area contributed by atoms with Crippen molar-refractivity contribution in [1.29, 1.82) is 0 Å². The van der Waals surface area contributed by atoms with Crippen LogP contribution in [-0.4, -0.2) is 29.3 Å². The summed E-state index contributed by atoms with van der Waals surface area (Å²) in [5.41, 5.74) is 4.27. The van der Waals surface area contributed by atoms with Crippen LogP contribution in [0.15, 0.2) is 78.9 Å². The Balaban J connectivity index is 1.86. The van der Waals surface area contributed by atoms with Gasteiger partial charge in [-0.25, -0.2) is 0 Å². The fraction of sp³-hybridized carbons (Fsp3) is 0.333.